The van der Waals surface area contributed by atoms with Crippen molar-refractivity contribution < 1.29 is 9.59 Å². The van der Waals surface area contributed by atoms with Gasteiger partial charge >= 0.3 is 0 Å². The topological polar surface area (TPSA) is 140 Å². The van der Waals surface area contributed by atoms with Crippen LogP contribution in [0.2, 0.25) is 0 Å². The zero-order valence-corrected chi connectivity index (χ0v) is 21.3. The number of imidazole rings is 1. The van der Waals surface area contributed by atoms with Gasteiger partial charge in [-0.2, -0.15) is 0 Å². The van der Waals surface area contributed by atoms with Crippen molar-refractivity contribution in [3.05, 3.63) is 72.1 Å². The SMILES string of the molecule is NCCCCCNc1nc(-c2cccc(CC(N)=O)c2)cn2c(-c3ccc(C(=O)NC4CC4)cc3)cnc12. The van der Waals surface area contributed by atoms with E-state index in [1.807, 2.05) is 65.3 Å². The van der Waals surface area contributed by atoms with Crippen molar-refractivity contribution in [2.75, 3.05) is 18.4 Å². The molecule has 0 spiro atoms. The lowest BCUT2D eigenvalue weighted by Crippen LogP contribution is -2.25. The summed E-state index contributed by atoms with van der Waals surface area (Å²) >= 11 is 0. The van der Waals surface area contributed by atoms with E-state index < -0.39 is 0 Å². The van der Waals surface area contributed by atoms with E-state index in [-0.39, 0.29) is 18.2 Å². The maximum Gasteiger partial charge on any atom is 0.251 e. The first-order valence-corrected chi connectivity index (χ1v) is 13.1. The van der Waals surface area contributed by atoms with Gasteiger partial charge in [-0.15, -0.1) is 0 Å². The number of anilines is 1. The number of nitrogens with two attached hydrogens (primary N) is 2. The molecule has 1 aliphatic carbocycles. The number of hydrogen-bond acceptors (Lipinski definition) is 6. The molecule has 1 aliphatic rings. The number of nitrogens with zero attached hydrogens (tertiary/aromatic N) is 3. The number of carbonyl (C=O) groups is 2. The average Bonchev–Trinajstić information content (AvgIpc) is 3.63. The normalized spacial score (nSPS) is 13.0. The van der Waals surface area contributed by atoms with E-state index in [9.17, 15) is 9.59 Å². The van der Waals surface area contributed by atoms with E-state index in [0.717, 1.165) is 66.7 Å². The van der Waals surface area contributed by atoms with Crippen molar-refractivity contribution in [3.8, 4) is 22.5 Å². The quantitative estimate of drug-likeness (QED) is 0.215. The van der Waals surface area contributed by atoms with Crippen molar-refractivity contribution >= 4 is 23.3 Å². The summed E-state index contributed by atoms with van der Waals surface area (Å²) in [4.78, 5) is 33.5. The molecule has 1 fully saturated rings. The molecule has 38 heavy (non-hydrogen) atoms. The summed E-state index contributed by atoms with van der Waals surface area (Å²) in [6.45, 7) is 1.44. The summed E-state index contributed by atoms with van der Waals surface area (Å²) in [5, 5.41) is 6.48. The van der Waals surface area contributed by atoms with Gasteiger partial charge in [0.05, 0.1) is 24.0 Å². The molecular weight excluding hydrogens is 478 g/mol. The zero-order chi connectivity index (χ0) is 26.5. The summed E-state index contributed by atoms with van der Waals surface area (Å²) in [5.41, 5.74) is 16.7. The van der Waals surface area contributed by atoms with Crippen LogP contribution in [-0.2, 0) is 11.2 Å². The predicted octanol–water partition coefficient (Wildman–Crippen LogP) is 3.52. The fourth-order valence-electron chi connectivity index (χ4n) is 4.44. The number of primary amides is 1. The van der Waals surface area contributed by atoms with E-state index in [2.05, 4.69) is 15.6 Å². The number of nitrogens with one attached hydrogen (secondary N) is 2. The van der Waals surface area contributed by atoms with Crippen LogP contribution < -0.4 is 22.1 Å². The van der Waals surface area contributed by atoms with Crippen LogP contribution >= 0.6 is 0 Å². The number of fused-ring (bicyclic) bond motifs is 1. The van der Waals surface area contributed by atoms with Crippen LogP contribution in [0, 0.1) is 0 Å². The molecule has 0 bridgehead atoms. The molecule has 9 nitrogen and oxygen atoms in total. The molecule has 0 unspecified atom stereocenters. The van der Waals surface area contributed by atoms with Gasteiger partial charge in [-0.3, -0.25) is 14.0 Å². The summed E-state index contributed by atoms with van der Waals surface area (Å²) in [6, 6.07) is 15.6. The standard InChI is InChI=1S/C29H33N7O2/c30-13-2-1-3-14-32-27-28-33-17-25(20-7-9-21(10-8-20)29(38)34-23-11-12-23)36(28)18-24(35-27)22-6-4-5-19(15-22)16-26(31)37/h4-10,15,17-18,23H,1-3,11-14,16,30H2,(H2,31,37)(H,32,35)(H,34,38). The molecule has 0 saturated heterocycles. The summed E-state index contributed by atoms with van der Waals surface area (Å²) in [5.74, 6) is 0.263. The number of amides is 2. The summed E-state index contributed by atoms with van der Waals surface area (Å²) in [7, 11) is 0. The first kappa shape index (κ1) is 25.4. The van der Waals surface area contributed by atoms with Gasteiger partial charge in [-0.1, -0.05) is 36.8 Å². The maximum absolute atomic E-state index is 12.4. The maximum atomic E-state index is 12.4. The third-order valence-corrected chi connectivity index (χ3v) is 6.62. The molecule has 0 aliphatic heterocycles. The molecule has 2 amide bonds. The third kappa shape index (κ3) is 6.00. The fourth-order valence-corrected chi connectivity index (χ4v) is 4.44. The highest BCUT2D eigenvalue weighted by atomic mass is 16.2. The number of aromatic nitrogens is 3. The van der Waals surface area contributed by atoms with E-state index in [1.165, 1.54) is 0 Å². The smallest absolute Gasteiger partial charge is 0.251 e. The van der Waals surface area contributed by atoms with Gasteiger partial charge in [-0.05, 0) is 56.0 Å². The average molecular weight is 512 g/mol. The Hall–Kier alpha value is -4.24. The van der Waals surface area contributed by atoms with Crippen molar-refractivity contribution in [3.63, 3.8) is 0 Å². The lowest BCUT2D eigenvalue weighted by Gasteiger charge is -2.12. The first-order chi connectivity index (χ1) is 18.5. The van der Waals surface area contributed by atoms with Gasteiger partial charge in [0, 0.05) is 35.5 Å². The van der Waals surface area contributed by atoms with E-state index in [0.29, 0.717) is 29.6 Å². The Bertz CT molecular complexity index is 1440. The summed E-state index contributed by atoms with van der Waals surface area (Å²) < 4.78 is 2.02. The highest BCUT2D eigenvalue weighted by Gasteiger charge is 2.23. The molecule has 2 aromatic carbocycles. The Labute approximate surface area is 221 Å². The minimum Gasteiger partial charge on any atom is -0.369 e. The minimum atomic E-state index is -0.378. The molecule has 2 heterocycles. The number of benzene rings is 2. The molecule has 196 valence electrons. The second kappa shape index (κ2) is 11.4. The van der Waals surface area contributed by atoms with Crippen LogP contribution in [0.15, 0.2) is 60.9 Å². The number of hydrogen-bond donors (Lipinski definition) is 4. The molecule has 4 aromatic rings. The minimum absolute atomic E-state index is 0.0411. The van der Waals surface area contributed by atoms with Crippen LogP contribution in [0.3, 0.4) is 0 Å². The number of carbonyl (C=O) groups excluding carboxylic acids is 2. The van der Waals surface area contributed by atoms with Crippen LogP contribution in [0.5, 0.6) is 0 Å². The third-order valence-electron chi connectivity index (χ3n) is 6.62. The molecule has 1 saturated carbocycles. The largest absolute Gasteiger partial charge is 0.369 e. The Morgan fingerprint density at radius 2 is 1.84 bits per heavy atom. The first-order valence-electron chi connectivity index (χ1n) is 13.1. The van der Waals surface area contributed by atoms with Crippen LogP contribution in [0.4, 0.5) is 5.82 Å². The Morgan fingerprint density at radius 3 is 2.58 bits per heavy atom. The highest BCUT2D eigenvalue weighted by molar-refractivity contribution is 5.95. The number of unbranched alkanes of at least 4 members (excludes halogenated alkanes) is 2. The van der Waals surface area contributed by atoms with E-state index >= 15 is 0 Å². The van der Waals surface area contributed by atoms with Gasteiger partial charge in [0.25, 0.3) is 5.91 Å². The molecular formula is C29H33N7O2. The van der Waals surface area contributed by atoms with Crippen molar-refractivity contribution in [1.82, 2.24) is 19.7 Å². The fraction of sp³-hybridized carbons (Fsp3) is 0.310. The second-order valence-corrected chi connectivity index (χ2v) is 9.76. The van der Waals surface area contributed by atoms with Gasteiger partial charge in [0.15, 0.2) is 11.5 Å². The van der Waals surface area contributed by atoms with E-state index in [1.54, 1.807) is 0 Å². The molecule has 6 N–H and O–H groups in total. The lowest BCUT2D eigenvalue weighted by molar-refractivity contribution is -0.117. The van der Waals surface area contributed by atoms with Crippen molar-refractivity contribution in [2.45, 2.75) is 44.6 Å². The summed E-state index contributed by atoms with van der Waals surface area (Å²) in [6.07, 6.45) is 9.04. The molecule has 0 radical (unpaired) electrons. The van der Waals surface area contributed by atoms with Crippen LogP contribution in [0.25, 0.3) is 28.2 Å². The monoisotopic (exact) mass is 511 g/mol. The van der Waals surface area contributed by atoms with E-state index in [4.69, 9.17) is 16.5 Å². The van der Waals surface area contributed by atoms with Crippen LogP contribution in [-0.4, -0.2) is 45.3 Å². The molecule has 9 heteroatoms. The van der Waals surface area contributed by atoms with Gasteiger partial charge in [-0.25, -0.2) is 9.97 Å². The molecule has 2 aromatic heterocycles. The van der Waals surface area contributed by atoms with Crippen LogP contribution in [0.1, 0.15) is 48.0 Å². The highest BCUT2D eigenvalue weighted by Crippen LogP contribution is 2.29. The Morgan fingerprint density at radius 1 is 1.03 bits per heavy atom. The Balaban J connectivity index is 1.50. The van der Waals surface area contributed by atoms with Crippen molar-refractivity contribution in [2.24, 2.45) is 11.5 Å². The second-order valence-electron chi connectivity index (χ2n) is 9.76. The van der Waals surface area contributed by atoms with Crippen molar-refractivity contribution in [1.29, 1.82) is 0 Å². The molecule has 5 rings (SSSR count). The molecule has 0 atom stereocenters. The van der Waals surface area contributed by atoms with Gasteiger partial charge < -0.3 is 22.1 Å². The number of rotatable bonds is 12. The predicted molar refractivity (Wildman–Crippen MR) is 149 cm³/mol. The lowest BCUT2D eigenvalue weighted by atomic mass is 10.1. The zero-order valence-electron chi connectivity index (χ0n) is 21.3. The Kier molecular flexibility index (Phi) is 7.65. The van der Waals surface area contributed by atoms with Gasteiger partial charge in [0.1, 0.15) is 0 Å². The van der Waals surface area contributed by atoms with Gasteiger partial charge in [0.2, 0.25) is 5.91 Å².